The predicted octanol–water partition coefficient (Wildman–Crippen LogP) is 2.90. The van der Waals surface area contributed by atoms with Gasteiger partial charge < -0.3 is 15.1 Å². The number of halogens is 1. The van der Waals surface area contributed by atoms with Gasteiger partial charge in [0.25, 0.3) is 5.91 Å². The minimum absolute atomic E-state index is 0.00961. The molecule has 4 amide bonds. The van der Waals surface area contributed by atoms with Crippen LogP contribution in [0.3, 0.4) is 0 Å². The second kappa shape index (κ2) is 9.21. The summed E-state index contributed by atoms with van der Waals surface area (Å²) in [6.07, 6.45) is 3.48. The van der Waals surface area contributed by atoms with Crippen molar-refractivity contribution in [1.82, 2.24) is 25.1 Å². The molecular formula is C24H29ClN6O3. The number of likely N-dealkylation sites (tertiary alicyclic amines) is 1. The van der Waals surface area contributed by atoms with Crippen LogP contribution in [0.25, 0.3) is 11.1 Å². The Morgan fingerprint density at radius 3 is 2.56 bits per heavy atom. The van der Waals surface area contributed by atoms with E-state index in [1.54, 1.807) is 18.7 Å². The zero-order valence-electron chi connectivity index (χ0n) is 19.8. The maximum Gasteiger partial charge on any atom is 0.325 e. The van der Waals surface area contributed by atoms with Gasteiger partial charge >= 0.3 is 6.03 Å². The van der Waals surface area contributed by atoms with Crippen LogP contribution in [0.2, 0.25) is 5.02 Å². The summed E-state index contributed by atoms with van der Waals surface area (Å²) in [4.78, 5) is 51.8. The number of carbonyl (C=O) groups is 3. The van der Waals surface area contributed by atoms with E-state index in [1.807, 2.05) is 49.5 Å². The summed E-state index contributed by atoms with van der Waals surface area (Å²) in [6.45, 7) is 4.02. The highest BCUT2D eigenvalue weighted by atomic mass is 35.5. The molecule has 9 nitrogen and oxygen atoms in total. The van der Waals surface area contributed by atoms with Gasteiger partial charge in [0.05, 0.1) is 5.69 Å². The summed E-state index contributed by atoms with van der Waals surface area (Å²) in [5.74, 6) is -0.0564. The lowest BCUT2D eigenvalue weighted by atomic mass is 9.90. The van der Waals surface area contributed by atoms with Crippen LogP contribution in [0.1, 0.15) is 38.3 Å². The Morgan fingerprint density at radius 1 is 1.24 bits per heavy atom. The second-order valence-electron chi connectivity index (χ2n) is 9.50. The first-order chi connectivity index (χ1) is 16.1. The molecule has 2 fully saturated rings. The van der Waals surface area contributed by atoms with E-state index >= 15 is 0 Å². The Balaban J connectivity index is 1.58. The third-order valence-electron chi connectivity index (χ3n) is 6.26. The van der Waals surface area contributed by atoms with Crippen molar-refractivity contribution in [3.63, 3.8) is 0 Å². The standard InChI is InChI=1S/C24H29ClN6O3/c1-24(2)21(33)31(23(34)28-24)14-19(32)30-11-5-6-16(13-30)20-18(12-26-22(27-20)29(3)4)15-7-9-17(25)10-8-15/h7-10,12,16H,5-6,11,13-14H2,1-4H3,(H,28,34)/t16-/m0/s1. The summed E-state index contributed by atoms with van der Waals surface area (Å²) in [7, 11) is 3.77. The summed E-state index contributed by atoms with van der Waals surface area (Å²) in [5.41, 5.74) is 1.72. The summed E-state index contributed by atoms with van der Waals surface area (Å²) >= 11 is 6.08. The number of nitrogens with one attached hydrogen (secondary N) is 1. The van der Waals surface area contributed by atoms with Crippen molar-refractivity contribution in [2.24, 2.45) is 0 Å². The van der Waals surface area contributed by atoms with Gasteiger partial charge in [-0.05, 0) is 44.4 Å². The smallest absolute Gasteiger partial charge is 0.325 e. The first-order valence-electron chi connectivity index (χ1n) is 11.3. The zero-order valence-corrected chi connectivity index (χ0v) is 20.6. The number of hydrogen-bond donors (Lipinski definition) is 1. The maximum absolute atomic E-state index is 13.1. The first-order valence-corrected chi connectivity index (χ1v) is 11.7. The predicted molar refractivity (Wildman–Crippen MR) is 130 cm³/mol. The molecule has 1 N–H and O–H groups in total. The topological polar surface area (TPSA) is 98.7 Å². The van der Waals surface area contributed by atoms with Gasteiger partial charge in [0.2, 0.25) is 11.9 Å². The largest absolute Gasteiger partial charge is 0.347 e. The molecule has 4 rings (SSSR count). The van der Waals surface area contributed by atoms with E-state index < -0.39 is 17.5 Å². The fraction of sp³-hybridized carbons (Fsp3) is 0.458. The van der Waals surface area contributed by atoms with E-state index in [9.17, 15) is 14.4 Å². The molecular weight excluding hydrogens is 456 g/mol. The minimum Gasteiger partial charge on any atom is -0.347 e. The summed E-state index contributed by atoms with van der Waals surface area (Å²) < 4.78 is 0. The van der Waals surface area contributed by atoms with E-state index in [1.165, 1.54) is 0 Å². The monoisotopic (exact) mass is 484 g/mol. The third-order valence-corrected chi connectivity index (χ3v) is 6.51. The average molecular weight is 485 g/mol. The highest BCUT2D eigenvalue weighted by molar-refractivity contribution is 6.30. The molecule has 0 unspecified atom stereocenters. The Kier molecular flexibility index (Phi) is 6.49. The molecule has 0 aliphatic carbocycles. The Hall–Kier alpha value is -3.20. The van der Waals surface area contributed by atoms with Gasteiger partial charge in [0.1, 0.15) is 12.1 Å². The van der Waals surface area contributed by atoms with Crippen LogP contribution < -0.4 is 10.2 Å². The van der Waals surface area contributed by atoms with Crippen LogP contribution in [0.4, 0.5) is 10.7 Å². The molecule has 0 radical (unpaired) electrons. The van der Waals surface area contributed by atoms with Crippen molar-refractivity contribution in [1.29, 1.82) is 0 Å². The van der Waals surface area contributed by atoms with E-state index in [-0.39, 0.29) is 18.4 Å². The van der Waals surface area contributed by atoms with Crippen LogP contribution in [0.15, 0.2) is 30.5 Å². The highest BCUT2D eigenvalue weighted by Gasteiger charge is 2.45. The average Bonchev–Trinajstić information content (AvgIpc) is 3.00. The van der Waals surface area contributed by atoms with Gasteiger partial charge in [0.15, 0.2) is 0 Å². The van der Waals surface area contributed by atoms with Crippen LogP contribution >= 0.6 is 11.6 Å². The quantitative estimate of drug-likeness (QED) is 0.655. The van der Waals surface area contributed by atoms with Crippen molar-refractivity contribution in [3.8, 4) is 11.1 Å². The molecule has 0 spiro atoms. The lowest BCUT2D eigenvalue weighted by molar-refractivity contribution is -0.139. The number of piperidine rings is 1. The Labute approximate surface area is 204 Å². The number of imide groups is 1. The number of anilines is 1. The van der Waals surface area contributed by atoms with Gasteiger partial charge in [-0.1, -0.05) is 23.7 Å². The van der Waals surface area contributed by atoms with Crippen molar-refractivity contribution in [2.75, 3.05) is 38.6 Å². The number of carbonyl (C=O) groups excluding carboxylic acids is 3. The lowest BCUT2D eigenvalue weighted by Crippen LogP contribution is -2.47. The Morgan fingerprint density at radius 2 is 1.94 bits per heavy atom. The van der Waals surface area contributed by atoms with Crippen molar-refractivity contribution < 1.29 is 14.4 Å². The van der Waals surface area contributed by atoms with Gasteiger partial charge in [0, 0.05) is 49.9 Å². The number of rotatable bonds is 5. The van der Waals surface area contributed by atoms with Crippen LogP contribution in [-0.4, -0.2) is 76.9 Å². The van der Waals surface area contributed by atoms with Gasteiger partial charge in [-0.15, -0.1) is 0 Å². The zero-order chi connectivity index (χ0) is 24.6. The molecule has 2 aliphatic heterocycles. The van der Waals surface area contributed by atoms with Crippen LogP contribution in [0.5, 0.6) is 0 Å². The van der Waals surface area contributed by atoms with Gasteiger partial charge in [-0.2, -0.15) is 0 Å². The molecule has 0 bridgehead atoms. The van der Waals surface area contributed by atoms with Gasteiger partial charge in [-0.25, -0.2) is 14.8 Å². The molecule has 180 valence electrons. The van der Waals surface area contributed by atoms with E-state index in [0.29, 0.717) is 24.1 Å². The third kappa shape index (κ3) is 4.70. The number of urea groups is 1. The van der Waals surface area contributed by atoms with Crippen molar-refractivity contribution in [3.05, 3.63) is 41.2 Å². The molecule has 1 atom stereocenters. The molecule has 0 saturated carbocycles. The number of nitrogens with zero attached hydrogens (tertiary/aromatic N) is 5. The molecule has 10 heteroatoms. The summed E-state index contributed by atoms with van der Waals surface area (Å²) in [5, 5.41) is 3.27. The molecule has 2 aliphatic rings. The van der Waals surface area contributed by atoms with Crippen LogP contribution in [-0.2, 0) is 9.59 Å². The van der Waals surface area contributed by atoms with E-state index in [0.717, 1.165) is 34.6 Å². The number of amides is 4. The second-order valence-corrected chi connectivity index (χ2v) is 9.93. The van der Waals surface area contributed by atoms with Gasteiger partial charge in [-0.3, -0.25) is 14.5 Å². The number of hydrogen-bond acceptors (Lipinski definition) is 6. The number of benzene rings is 1. The molecule has 1 aromatic carbocycles. The molecule has 2 aromatic rings. The van der Waals surface area contributed by atoms with Crippen molar-refractivity contribution in [2.45, 2.75) is 38.1 Å². The molecule has 2 saturated heterocycles. The maximum atomic E-state index is 13.1. The number of aromatic nitrogens is 2. The molecule has 1 aromatic heterocycles. The fourth-order valence-corrected chi connectivity index (χ4v) is 4.51. The van der Waals surface area contributed by atoms with E-state index in [2.05, 4.69) is 10.3 Å². The summed E-state index contributed by atoms with van der Waals surface area (Å²) in [6, 6.07) is 7.00. The molecule has 3 heterocycles. The lowest BCUT2D eigenvalue weighted by Gasteiger charge is -2.34. The van der Waals surface area contributed by atoms with Crippen LogP contribution in [0, 0.1) is 0 Å². The first kappa shape index (κ1) is 23.9. The fourth-order valence-electron chi connectivity index (χ4n) is 4.39. The molecule has 34 heavy (non-hydrogen) atoms. The normalized spacial score (nSPS) is 19.9. The minimum atomic E-state index is -1.00. The Bertz CT molecular complexity index is 1120. The SMILES string of the molecule is CN(C)c1ncc(-c2ccc(Cl)cc2)c([C@H]2CCCN(C(=O)CN3C(=O)NC(C)(C)C3=O)C2)n1. The van der Waals surface area contributed by atoms with Crippen molar-refractivity contribution >= 4 is 35.4 Å². The van der Waals surface area contributed by atoms with E-state index in [4.69, 9.17) is 16.6 Å². The highest BCUT2D eigenvalue weighted by Crippen LogP contribution is 2.34.